The fourth-order valence-corrected chi connectivity index (χ4v) is 2.20. The monoisotopic (exact) mass is 292 g/mol. The molecular weight excluding hydrogens is 268 g/mol. The first kappa shape index (κ1) is 17.2. The molecule has 0 aromatic carbocycles. The molecule has 6 heteroatoms. The molecule has 0 amide bonds. The summed E-state index contributed by atoms with van der Waals surface area (Å²) in [6, 6.07) is 2.17. The highest BCUT2D eigenvalue weighted by Crippen LogP contribution is 2.14. The van der Waals surface area contributed by atoms with Gasteiger partial charge in [0, 0.05) is 33.1 Å². The third-order valence-electron chi connectivity index (χ3n) is 3.09. The van der Waals surface area contributed by atoms with Gasteiger partial charge in [-0.1, -0.05) is 13.8 Å². The number of aryl methyl sites for hydroxylation is 1. The number of nitrogens with zero attached hydrogens (tertiary/aromatic N) is 4. The van der Waals surface area contributed by atoms with Crippen LogP contribution in [0.1, 0.15) is 43.2 Å². The van der Waals surface area contributed by atoms with E-state index in [1.165, 1.54) is 0 Å². The number of rotatable bonds is 8. The molecule has 0 radical (unpaired) electrons. The van der Waals surface area contributed by atoms with E-state index in [2.05, 4.69) is 29.9 Å². The number of hydrogen-bond acceptors (Lipinski definition) is 5. The van der Waals surface area contributed by atoms with Gasteiger partial charge in [-0.2, -0.15) is 10.4 Å². The highest BCUT2D eigenvalue weighted by Gasteiger charge is 2.19. The number of ether oxygens (including phenoxy) is 1. The minimum absolute atomic E-state index is 0.342. The van der Waals surface area contributed by atoms with Gasteiger partial charge in [0.25, 0.3) is 0 Å². The van der Waals surface area contributed by atoms with Gasteiger partial charge in [0.2, 0.25) is 0 Å². The van der Waals surface area contributed by atoms with Crippen LogP contribution < -0.4 is 0 Å². The predicted octanol–water partition coefficient (Wildman–Crippen LogP) is 1.97. The van der Waals surface area contributed by atoms with Crippen LogP contribution in [0.3, 0.4) is 0 Å². The molecule has 0 atom stereocenters. The highest BCUT2D eigenvalue weighted by atomic mass is 16.5. The van der Waals surface area contributed by atoms with Crippen molar-refractivity contribution in [3.63, 3.8) is 0 Å². The molecule has 0 spiro atoms. The molecule has 0 aliphatic carbocycles. The van der Waals surface area contributed by atoms with Gasteiger partial charge in [0.05, 0.1) is 24.6 Å². The number of hydrogen-bond donors (Lipinski definition) is 0. The Morgan fingerprint density at radius 3 is 2.86 bits per heavy atom. The summed E-state index contributed by atoms with van der Waals surface area (Å²) in [6.07, 6.45) is 2.02. The molecule has 1 aromatic heterocycles. The van der Waals surface area contributed by atoms with Crippen LogP contribution in [-0.4, -0.2) is 40.3 Å². The zero-order valence-electron chi connectivity index (χ0n) is 13.3. The van der Waals surface area contributed by atoms with Crippen LogP contribution in [0.4, 0.5) is 0 Å². The Labute approximate surface area is 126 Å². The fourth-order valence-electron chi connectivity index (χ4n) is 2.20. The molecule has 0 aliphatic heterocycles. The predicted molar refractivity (Wildman–Crippen MR) is 79.5 cm³/mol. The third kappa shape index (κ3) is 5.20. The molecule has 6 nitrogen and oxygen atoms in total. The van der Waals surface area contributed by atoms with Gasteiger partial charge in [0.15, 0.2) is 0 Å². The second kappa shape index (κ2) is 8.42. The molecule has 1 rings (SSSR count). The van der Waals surface area contributed by atoms with Crippen LogP contribution in [0, 0.1) is 17.2 Å². The smallest absolute Gasteiger partial charge is 0.341 e. The van der Waals surface area contributed by atoms with Gasteiger partial charge in [0.1, 0.15) is 5.56 Å². The molecule has 0 unspecified atom stereocenters. The van der Waals surface area contributed by atoms with Crippen molar-refractivity contribution in [2.75, 3.05) is 19.7 Å². The van der Waals surface area contributed by atoms with Crippen LogP contribution in [-0.2, 0) is 18.3 Å². The first-order chi connectivity index (χ1) is 9.99. The summed E-state index contributed by atoms with van der Waals surface area (Å²) in [5.41, 5.74) is 1.33. The van der Waals surface area contributed by atoms with E-state index in [4.69, 9.17) is 10.00 Å². The van der Waals surface area contributed by atoms with Crippen LogP contribution in [0.15, 0.2) is 6.20 Å². The first-order valence-electron chi connectivity index (χ1n) is 7.26. The van der Waals surface area contributed by atoms with Crippen LogP contribution in [0.5, 0.6) is 0 Å². The van der Waals surface area contributed by atoms with Crippen molar-refractivity contribution < 1.29 is 9.53 Å². The van der Waals surface area contributed by atoms with Crippen LogP contribution in [0.2, 0.25) is 0 Å². The highest BCUT2D eigenvalue weighted by molar-refractivity contribution is 5.90. The maximum atomic E-state index is 12.0. The Kier molecular flexibility index (Phi) is 6.89. The standard InChI is InChI=1S/C15H24N4O2/c1-5-21-15(20)13-9-17-18(4)14(13)11-19(8-6-7-16)10-12(2)3/h9,12H,5-6,8,10-11H2,1-4H3. The maximum Gasteiger partial charge on any atom is 0.341 e. The van der Waals surface area contributed by atoms with Gasteiger partial charge >= 0.3 is 5.97 Å². The summed E-state index contributed by atoms with van der Waals surface area (Å²) in [4.78, 5) is 14.1. The molecule has 0 bridgehead atoms. The van der Waals surface area contributed by atoms with E-state index in [0.29, 0.717) is 37.6 Å². The van der Waals surface area contributed by atoms with Crippen molar-refractivity contribution >= 4 is 5.97 Å². The van der Waals surface area contributed by atoms with E-state index in [1.807, 2.05) is 7.05 Å². The van der Waals surface area contributed by atoms with E-state index >= 15 is 0 Å². The Bertz CT molecular complexity index is 502. The van der Waals surface area contributed by atoms with Gasteiger partial charge in [-0.05, 0) is 12.8 Å². The second-order valence-corrected chi connectivity index (χ2v) is 5.39. The van der Waals surface area contributed by atoms with E-state index in [9.17, 15) is 4.79 Å². The van der Waals surface area contributed by atoms with Crippen molar-refractivity contribution in [1.29, 1.82) is 5.26 Å². The number of aromatic nitrogens is 2. The summed E-state index contributed by atoms with van der Waals surface area (Å²) >= 11 is 0. The second-order valence-electron chi connectivity index (χ2n) is 5.39. The lowest BCUT2D eigenvalue weighted by atomic mass is 10.1. The van der Waals surface area contributed by atoms with Crippen LogP contribution >= 0.6 is 0 Å². The summed E-state index contributed by atoms with van der Waals surface area (Å²) in [5, 5.41) is 12.9. The Morgan fingerprint density at radius 1 is 1.57 bits per heavy atom. The molecule has 116 valence electrons. The molecule has 0 saturated heterocycles. The number of carbonyl (C=O) groups is 1. The molecule has 0 fully saturated rings. The lowest BCUT2D eigenvalue weighted by molar-refractivity contribution is 0.0523. The van der Waals surface area contributed by atoms with Crippen molar-refractivity contribution in [2.45, 2.75) is 33.7 Å². The van der Waals surface area contributed by atoms with E-state index in [1.54, 1.807) is 17.8 Å². The van der Waals surface area contributed by atoms with E-state index in [0.717, 1.165) is 12.2 Å². The number of nitriles is 1. The average molecular weight is 292 g/mol. The summed E-state index contributed by atoms with van der Waals surface area (Å²) in [5.74, 6) is 0.147. The molecular formula is C15H24N4O2. The first-order valence-corrected chi connectivity index (χ1v) is 7.26. The van der Waals surface area contributed by atoms with Gasteiger partial charge in [-0.15, -0.1) is 0 Å². The van der Waals surface area contributed by atoms with Crippen molar-refractivity contribution in [3.8, 4) is 6.07 Å². The number of carbonyl (C=O) groups excluding carboxylic acids is 1. The average Bonchev–Trinajstić information content (AvgIpc) is 2.77. The van der Waals surface area contributed by atoms with Gasteiger partial charge in [-0.25, -0.2) is 4.79 Å². The minimum atomic E-state index is -0.342. The SMILES string of the molecule is CCOC(=O)c1cnn(C)c1CN(CCC#N)CC(C)C. The van der Waals surface area contributed by atoms with E-state index in [-0.39, 0.29) is 5.97 Å². The summed E-state index contributed by atoms with van der Waals surface area (Å²) < 4.78 is 6.76. The largest absolute Gasteiger partial charge is 0.462 e. The molecule has 0 N–H and O–H groups in total. The third-order valence-corrected chi connectivity index (χ3v) is 3.09. The van der Waals surface area contributed by atoms with Crippen molar-refractivity contribution in [3.05, 3.63) is 17.5 Å². The maximum absolute atomic E-state index is 12.0. The normalized spacial score (nSPS) is 10.9. The van der Waals surface area contributed by atoms with Crippen molar-refractivity contribution in [2.24, 2.45) is 13.0 Å². The molecule has 0 aliphatic rings. The molecule has 1 heterocycles. The van der Waals surface area contributed by atoms with Gasteiger partial charge < -0.3 is 4.74 Å². The summed E-state index contributed by atoms with van der Waals surface area (Å²) in [6.45, 7) is 8.54. The zero-order chi connectivity index (χ0) is 15.8. The topological polar surface area (TPSA) is 71.2 Å². The molecule has 1 aromatic rings. The minimum Gasteiger partial charge on any atom is -0.462 e. The lowest BCUT2D eigenvalue weighted by Crippen LogP contribution is -2.30. The fraction of sp³-hybridized carbons (Fsp3) is 0.667. The van der Waals surface area contributed by atoms with Gasteiger partial charge in [-0.3, -0.25) is 9.58 Å². The lowest BCUT2D eigenvalue weighted by Gasteiger charge is -2.23. The van der Waals surface area contributed by atoms with Crippen molar-refractivity contribution in [1.82, 2.24) is 14.7 Å². The Balaban J connectivity index is 2.89. The number of esters is 1. The van der Waals surface area contributed by atoms with E-state index < -0.39 is 0 Å². The quantitative estimate of drug-likeness (QED) is 0.685. The molecule has 21 heavy (non-hydrogen) atoms. The Morgan fingerprint density at radius 2 is 2.29 bits per heavy atom. The molecule has 0 saturated carbocycles. The van der Waals surface area contributed by atoms with Crippen LogP contribution in [0.25, 0.3) is 0 Å². The summed E-state index contributed by atoms with van der Waals surface area (Å²) in [7, 11) is 1.82. The zero-order valence-corrected chi connectivity index (χ0v) is 13.3. The Hall–Kier alpha value is -1.87.